The van der Waals surface area contributed by atoms with E-state index >= 15 is 0 Å². The van der Waals surface area contributed by atoms with Crippen molar-refractivity contribution < 1.29 is 9.60 Å². The molecule has 1 rings (SSSR count). The van der Waals surface area contributed by atoms with Crippen LogP contribution in [0.25, 0.3) is 0 Å². The molecule has 1 unspecified atom stereocenters. The van der Waals surface area contributed by atoms with Crippen molar-refractivity contribution in [3.8, 4) is 0 Å². The van der Waals surface area contributed by atoms with Gasteiger partial charge in [0.15, 0.2) is 0 Å². The van der Waals surface area contributed by atoms with Crippen molar-refractivity contribution in [1.29, 1.82) is 0 Å². The van der Waals surface area contributed by atoms with E-state index in [0.717, 1.165) is 0 Å². The number of hydrogen-bond acceptors (Lipinski definition) is 0. The summed E-state index contributed by atoms with van der Waals surface area (Å²) in [5.74, 6) is 0. The molecule has 1 N–H and O–H groups in total. The molecule has 0 spiro atoms. The average molecular weight is 255 g/mol. The van der Waals surface area contributed by atoms with Crippen LogP contribution in [0.5, 0.6) is 0 Å². The second-order valence-electron chi connectivity index (χ2n) is 5.25. The van der Waals surface area contributed by atoms with Crippen molar-refractivity contribution in [2.45, 2.75) is 71.6 Å². The second kappa shape index (κ2) is 11.5. The molecule has 0 amide bonds. The maximum atomic E-state index is 2.40. The third-order valence-corrected chi connectivity index (χ3v) is 3.49. The summed E-state index contributed by atoms with van der Waals surface area (Å²) in [6, 6.07) is 0. The van der Waals surface area contributed by atoms with E-state index in [1.807, 2.05) is 0 Å². The molecule has 18 heavy (non-hydrogen) atoms. The fraction of sp³-hybridized carbons (Fsp3) is 0.750. The Balaban J connectivity index is 0.00000289. The van der Waals surface area contributed by atoms with Gasteiger partial charge in [-0.15, -0.1) is 0 Å². The Morgan fingerprint density at radius 3 is 2.22 bits per heavy atom. The molecule has 1 heterocycles. The van der Waals surface area contributed by atoms with Crippen LogP contribution in [0, 0.1) is 0 Å². The first kappa shape index (κ1) is 17.4. The quantitative estimate of drug-likeness (QED) is 0.552. The summed E-state index contributed by atoms with van der Waals surface area (Å²) in [5.41, 5.74) is 1.53. The molecule has 0 saturated heterocycles. The highest BCUT2D eigenvalue weighted by molar-refractivity contribution is 5.17. The Kier molecular flexibility index (Phi) is 11.1. The lowest BCUT2D eigenvalue weighted by atomic mass is 10.1. The molecular formula is C16H30FN. The van der Waals surface area contributed by atoms with E-state index in [-0.39, 0.29) is 4.70 Å². The van der Waals surface area contributed by atoms with Crippen molar-refractivity contribution in [2.24, 2.45) is 0 Å². The van der Waals surface area contributed by atoms with Crippen molar-refractivity contribution in [2.75, 3.05) is 6.54 Å². The first-order chi connectivity index (χ1) is 8.36. The minimum Gasteiger partial charge on any atom is -1.00 e. The highest BCUT2D eigenvalue weighted by Crippen LogP contribution is 2.07. The normalized spacial score (nSPS) is 17.7. The third-order valence-electron chi connectivity index (χ3n) is 3.49. The van der Waals surface area contributed by atoms with Crippen molar-refractivity contribution >= 4 is 0 Å². The number of halogens is 1. The van der Waals surface area contributed by atoms with Gasteiger partial charge >= 0.3 is 0 Å². The van der Waals surface area contributed by atoms with Gasteiger partial charge in [0.1, 0.15) is 6.20 Å². The van der Waals surface area contributed by atoms with Gasteiger partial charge < -0.3 is 4.70 Å². The van der Waals surface area contributed by atoms with Crippen LogP contribution in [0.4, 0.5) is 0 Å². The van der Waals surface area contributed by atoms with Crippen LogP contribution >= 0.6 is 0 Å². The van der Waals surface area contributed by atoms with E-state index < -0.39 is 0 Å². The van der Waals surface area contributed by atoms with E-state index in [1.54, 1.807) is 4.90 Å². The first-order valence-corrected chi connectivity index (χ1v) is 7.61. The molecule has 1 nitrogen and oxygen atoms in total. The fourth-order valence-electron chi connectivity index (χ4n) is 2.43. The van der Waals surface area contributed by atoms with Gasteiger partial charge in [0.25, 0.3) is 0 Å². The Labute approximate surface area is 112 Å². The Bertz CT molecular complexity index is 245. The molecule has 0 radical (unpaired) electrons. The number of nitrogens with one attached hydrogen (secondary N) is 1. The molecule has 0 saturated carbocycles. The maximum Gasteiger partial charge on any atom is 0.102 e. The third kappa shape index (κ3) is 7.65. The van der Waals surface area contributed by atoms with Gasteiger partial charge in [0.2, 0.25) is 0 Å². The first-order valence-electron chi connectivity index (χ1n) is 7.61. The van der Waals surface area contributed by atoms with Crippen LogP contribution in [-0.4, -0.2) is 6.54 Å². The molecule has 106 valence electrons. The Morgan fingerprint density at radius 2 is 1.56 bits per heavy atom. The molecule has 1 aliphatic rings. The lowest BCUT2D eigenvalue weighted by molar-refractivity contribution is -0.788. The summed E-state index contributed by atoms with van der Waals surface area (Å²) >= 11 is 0. The van der Waals surface area contributed by atoms with Gasteiger partial charge in [-0.3, -0.25) is 4.90 Å². The summed E-state index contributed by atoms with van der Waals surface area (Å²) in [5, 5.41) is 0. The average Bonchev–Trinajstić information content (AvgIpc) is 2.76. The minimum atomic E-state index is 0. The molecule has 0 aliphatic carbocycles. The van der Waals surface area contributed by atoms with E-state index in [2.05, 4.69) is 32.3 Å². The number of allylic oxidation sites excluding steroid dienone is 2. The zero-order valence-corrected chi connectivity index (χ0v) is 12.2. The highest BCUT2D eigenvalue weighted by Gasteiger charge is 2.09. The molecule has 0 aromatic carbocycles. The van der Waals surface area contributed by atoms with Crippen LogP contribution in [0.2, 0.25) is 0 Å². The van der Waals surface area contributed by atoms with Gasteiger partial charge in [0.05, 0.1) is 12.7 Å². The Morgan fingerprint density at radius 1 is 0.889 bits per heavy atom. The molecule has 0 bridgehead atoms. The van der Waals surface area contributed by atoms with Gasteiger partial charge in [-0.1, -0.05) is 52.4 Å². The molecule has 0 aromatic heterocycles. The van der Waals surface area contributed by atoms with Gasteiger partial charge in [0, 0.05) is 11.6 Å². The zero-order chi connectivity index (χ0) is 12.3. The predicted molar refractivity (Wildman–Crippen MR) is 76.0 cm³/mol. The summed E-state index contributed by atoms with van der Waals surface area (Å²) in [6.07, 6.45) is 19.4. The fourth-order valence-corrected chi connectivity index (χ4v) is 2.43. The number of hydrogen-bond donors (Lipinski definition) is 1. The van der Waals surface area contributed by atoms with Gasteiger partial charge in [-0.05, 0) is 19.3 Å². The lowest BCUT2D eigenvalue weighted by Gasteiger charge is -2.06. The van der Waals surface area contributed by atoms with Crippen molar-refractivity contribution in [3.63, 3.8) is 0 Å². The van der Waals surface area contributed by atoms with Gasteiger partial charge in [-0.2, -0.15) is 0 Å². The standard InChI is InChI=1S/C16H29N.FH/c1-3-5-6-7-8-9-10-13-17-14-12-16(15-17)11-4-2;/h12,14-15H,3-11,13H2,1-2H3;1H. The van der Waals surface area contributed by atoms with E-state index in [0.29, 0.717) is 0 Å². The maximum absolute atomic E-state index is 2.40. The van der Waals surface area contributed by atoms with Gasteiger partial charge in [-0.25, -0.2) is 0 Å². The van der Waals surface area contributed by atoms with E-state index in [1.165, 1.54) is 69.9 Å². The molecule has 2 heteroatoms. The highest BCUT2D eigenvalue weighted by atomic mass is 19.0. The van der Waals surface area contributed by atoms with Crippen molar-refractivity contribution in [3.05, 3.63) is 24.0 Å². The topological polar surface area (TPSA) is 4.44 Å². The largest absolute Gasteiger partial charge is 1.00 e. The number of unbranched alkanes of at least 4 members (excludes halogenated alkanes) is 6. The summed E-state index contributed by atoms with van der Waals surface area (Å²) < 4.78 is 0. The minimum absolute atomic E-state index is 0. The predicted octanol–water partition coefficient (Wildman–Crippen LogP) is 0.837. The van der Waals surface area contributed by atoms with Crippen LogP contribution in [-0.2, 0) is 0 Å². The second-order valence-corrected chi connectivity index (χ2v) is 5.25. The van der Waals surface area contributed by atoms with E-state index in [4.69, 9.17) is 0 Å². The number of quaternary nitrogens is 1. The molecule has 0 fully saturated rings. The SMILES string of the molecule is CCCCCCCCC[NH+]1C=CC(CCC)=C1.[F-]. The van der Waals surface area contributed by atoms with Crippen LogP contribution in [0.15, 0.2) is 24.0 Å². The van der Waals surface area contributed by atoms with Crippen LogP contribution < -0.4 is 9.60 Å². The molecular weight excluding hydrogens is 225 g/mol. The number of rotatable bonds is 10. The zero-order valence-electron chi connectivity index (χ0n) is 12.2. The van der Waals surface area contributed by atoms with Crippen LogP contribution in [0.3, 0.4) is 0 Å². The summed E-state index contributed by atoms with van der Waals surface area (Å²) in [4.78, 5) is 1.56. The molecule has 1 aliphatic heterocycles. The van der Waals surface area contributed by atoms with E-state index in [9.17, 15) is 0 Å². The smallest absolute Gasteiger partial charge is 0.102 e. The monoisotopic (exact) mass is 255 g/mol. The summed E-state index contributed by atoms with van der Waals surface area (Å²) in [6.45, 7) is 5.82. The molecule has 1 atom stereocenters. The lowest BCUT2D eigenvalue weighted by Crippen LogP contribution is -3.01. The van der Waals surface area contributed by atoms with Crippen LogP contribution in [0.1, 0.15) is 71.6 Å². The Hall–Kier alpha value is -0.630. The van der Waals surface area contributed by atoms with Crippen molar-refractivity contribution in [1.82, 2.24) is 0 Å². The molecule has 0 aromatic rings. The summed E-state index contributed by atoms with van der Waals surface area (Å²) in [7, 11) is 0.